The zero-order valence-electron chi connectivity index (χ0n) is 14.4. The summed E-state index contributed by atoms with van der Waals surface area (Å²) in [6, 6.07) is 5.18. The number of rotatable bonds is 4. The number of amides is 2. The summed E-state index contributed by atoms with van der Waals surface area (Å²) < 4.78 is 18.3. The van der Waals surface area contributed by atoms with E-state index < -0.39 is 35.2 Å². The van der Waals surface area contributed by atoms with Crippen LogP contribution in [0.2, 0.25) is 0 Å². The van der Waals surface area contributed by atoms with E-state index in [1.165, 1.54) is 26.3 Å². The lowest BCUT2D eigenvalue weighted by atomic mass is 9.77. The van der Waals surface area contributed by atoms with Crippen LogP contribution in [0, 0.1) is 17.7 Å². The molecule has 2 aliphatic rings. The summed E-state index contributed by atoms with van der Waals surface area (Å²) in [5.41, 5.74) is -0.597. The molecule has 2 heterocycles. The number of methoxy groups -OCH3 is 1. The molecular formula is C18H21FN2O4. The molecule has 0 aromatic heterocycles. The second-order valence-electron chi connectivity index (χ2n) is 6.63. The summed E-state index contributed by atoms with van der Waals surface area (Å²) in [6.45, 7) is 1.90. The minimum atomic E-state index is -1.26. The van der Waals surface area contributed by atoms with Crippen molar-refractivity contribution in [1.82, 2.24) is 10.2 Å². The van der Waals surface area contributed by atoms with E-state index in [0.29, 0.717) is 18.4 Å². The number of ether oxygens (including phenoxy) is 1. The summed E-state index contributed by atoms with van der Waals surface area (Å²) >= 11 is 0. The minimum Gasteiger partial charge on any atom is -0.468 e. The average molecular weight is 348 g/mol. The van der Waals surface area contributed by atoms with Gasteiger partial charge in [-0.15, -0.1) is 0 Å². The molecule has 1 aromatic rings. The smallest absolute Gasteiger partial charge is 0.326 e. The van der Waals surface area contributed by atoms with Crippen LogP contribution >= 0.6 is 0 Å². The molecule has 0 aliphatic carbocycles. The molecule has 134 valence electrons. The Morgan fingerprint density at radius 3 is 2.48 bits per heavy atom. The largest absolute Gasteiger partial charge is 0.468 e. The van der Waals surface area contributed by atoms with Crippen molar-refractivity contribution in [3.8, 4) is 0 Å². The summed E-state index contributed by atoms with van der Waals surface area (Å²) in [4.78, 5) is 39.1. The molecule has 0 bridgehead atoms. The van der Waals surface area contributed by atoms with Gasteiger partial charge in [0.05, 0.1) is 18.9 Å². The van der Waals surface area contributed by atoms with E-state index in [2.05, 4.69) is 5.32 Å². The maximum atomic E-state index is 13.3. The first-order valence-electron chi connectivity index (χ1n) is 8.30. The highest BCUT2D eigenvalue weighted by Gasteiger charge is 2.67. The molecule has 4 atom stereocenters. The van der Waals surface area contributed by atoms with Crippen LogP contribution in [0.25, 0.3) is 0 Å². The van der Waals surface area contributed by atoms with E-state index in [0.717, 1.165) is 4.90 Å². The second-order valence-corrected chi connectivity index (χ2v) is 6.63. The Bertz CT molecular complexity index is 720. The highest BCUT2D eigenvalue weighted by molar-refractivity contribution is 6.09. The standard InChI is InChI=1S/C18H21FN2O4/c1-4-9-18(17(24)25-3)13-12(15(22)21(2)16(13)23)14(20-18)10-5-7-11(19)8-6-10/h5-8,12-14,20H,4,9H2,1-3H3/t12-,13+,14-,18-/m0/s1. The maximum Gasteiger partial charge on any atom is 0.326 e. The predicted octanol–water partition coefficient (Wildman–Crippen LogP) is 1.41. The highest BCUT2D eigenvalue weighted by atomic mass is 19.1. The number of carbonyl (C=O) groups excluding carboxylic acids is 3. The number of carbonyl (C=O) groups is 3. The third-order valence-electron chi connectivity index (χ3n) is 5.30. The number of hydrogen-bond acceptors (Lipinski definition) is 5. The van der Waals surface area contributed by atoms with Gasteiger partial charge in [-0.1, -0.05) is 25.5 Å². The van der Waals surface area contributed by atoms with Gasteiger partial charge >= 0.3 is 5.97 Å². The number of nitrogens with one attached hydrogen (secondary N) is 1. The van der Waals surface area contributed by atoms with Crippen molar-refractivity contribution in [3.63, 3.8) is 0 Å². The van der Waals surface area contributed by atoms with Crippen molar-refractivity contribution < 1.29 is 23.5 Å². The van der Waals surface area contributed by atoms with Crippen molar-refractivity contribution in [3.05, 3.63) is 35.6 Å². The Morgan fingerprint density at radius 2 is 1.92 bits per heavy atom. The average Bonchev–Trinajstić information content (AvgIpc) is 3.06. The SMILES string of the molecule is CCC[C@]1(C(=O)OC)N[C@@H](c2ccc(F)cc2)[C@H]2C(=O)N(C)C(=O)[C@@H]21. The maximum absolute atomic E-state index is 13.3. The quantitative estimate of drug-likeness (QED) is 0.658. The molecule has 2 fully saturated rings. The third kappa shape index (κ3) is 2.45. The lowest BCUT2D eigenvalue weighted by Gasteiger charge is -2.31. The van der Waals surface area contributed by atoms with E-state index in [1.807, 2.05) is 6.92 Å². The van der Waals surface area contributed by atoms with Crippen molar-refractivity contribution in [2.24, 2.45) is 11.8 Å². The van der Waals surface area contributed by atoms with Crippen molar-refractivity contribution >= 4 is 17.8 Å². The van der Waals surface area contributed by atoms with E-state index in [4.69, 9.17) is 4.74 Å². The fourth-order valence-corrected chi connectivity index (χ4v) is 4.20. The van der Waals surface area contributed by atoms with E-state index in [9.17, 15) is 18.8 Å². The van der Waals surface area contributed by atoms with Crippen LogP contribution in [0.15, 0.2) is 24.3 Å². The molecule has 0 spiro atoms. The van der Waals surface area contributed by atoms with Gasteiger partial charge in [-0.2, -0.15) is 0 Å². The number of esters is 1. The Kier molecular flexibility index (Phi) is 4.36. The molecule has 25 heavy (non-hydrogen) atoms. The van der Waals surface area contributed by atoms with Gasteiger partial charge in [-0.05, 0) is 24.1 Å². The molecule has 0 saturated carbocycles. The zero-order valence-corrected chi connectivity index (χ0v) is 14.4. The first kappa shape index (κ1) is 17.5. The van der Waals surface area contributed by atoms with Gasteiger partial charge in [0.1, 0.15) is 11.4 Å². The number of fused-ring (bicyclic) bond motifs is 1. The number of hydrogen-bond donors (Lipinski definition) is 1. The fraction of sp³-hybridized carbons (Fsp3) is 0.500. The molecule has 1 aromatic carbocycles. The van der Waals surface area contributed by atoms with E-state index in [1.54, 1.807) is 12.1 Å². The predicted molar refractivity (Wildman–Crippen MR) is 86.7 cm³/mol. The number of imide groups is 1. The minimum absolute atomic E-state index is 0.335. The Hall–Kier alpha value is -2.28. The lowest BCUT2D eigenvalue weighted by molar-refractivity contribution is -0.154. The van der Waals surface area contributed by atoms with Gasteiger partial charge in [0.25, 0.3) is 0 Å². The highest BCUT2D eigenvalue weighted by Crippen LogP contribution is 2.50. The fourth-order valence-electron chi connectivity index (χ4n) is 4.20. The molecule has 2 aliphatic heterocycles. The third-order valence-corrected chi connectivity index (χ3v) is 5.30. The van der Waals surface area contributed by atoms with Crippen LogP contribution in [0.3, 0.4) is 0 Å². The monoisotopic (exact) mass is 348 g/mol. The van der Waals surface area contributed by atoms with Crippen LogP contribution in [0.1, 0.15) is 31.4 Å². The molecule has 0 unspecified atom stereocenters. The van der Waals surface area contributed by atoms with E-state index >= 15 is 0 Å². The van der Waals surface area contributed by atoms with Crippen LogP contribution in [-0.4, -0.2) is 42.4 Å². The second kappa shape index (κ2) is 6.22. The molecule has 7 heteroatoms. The zero-order chi connectivity index (χ0) is 18.4. The van der Waals surface area contributed by atoms with Gasteiger partial charge in [0.2, 0.25) is 11.8 Å². The van der Waals surface area contributed by atoms with Gasteiger partial charge in [-0.3, -0.25) is 24.6 Å². The number of nitrogens with zero attached hydrogens (tertiary/aromatic N) is 1. The molecule has 3 rings (SSSR count). The summed E-state index contributed by atoms with van der Waals surface area (Å²) in [5, 5.41) is 3.21. The number of halogens is 1. The Morgan fingerprint density at radius 1 is 1.28 bits per heavy atom. The molecule has 1 N–H and O–H groups in total. The number of likely N-dealkylation sites (tertiary alicyclic amines) is 1. The Labute approximate surface area is 145 Å². The summed E-state index contributed by atoms with van der Waals surface area (Å²) in [5.74, 6) is -3.20. The molecule has 6 nitrogen and oxygen atoms in total. The number of benzene rings is 1. The first-order valence-corrected chi connectivity index (χ1v) is 8.30. The molecule has 0 radical (unpaired) electrons. The topological polar surface area (TPSA) is 75.7 Å². The molecule has 2 saturated heterocycles. The summed E-state index contributed by atoms with van der Waals surface area (Å²) in [6.07, 6.45) is 0.998. The Balaban J connectivity index is 2.13. The lowest BCUT2D eigenvalue weighted by Crippen LogP contribution is -2.56. The van der Waals surface area contributed by atoms with Crippen molar-refractivity contribution in [1.29, 1.82) is 0 Å². The summed E-state index contributed by atoms with van der Waals surface area (Å²) in [7, 11) is 2.70. The van der Waals surface area contributed by atoms with Crippen LogP contribution in [0.4, 0.5) is 4.39 Å². The van der Waals surface area contributed by atoms with Gasteiger partial charge in [0, 0.05) is 13.1 Å². The van der Waals surface area contributed by atoms with Crippen LogP contribution in [-0.2, 0) is 19.1 Å². The molecule has 2 amide bonds. The van der Waals surface area contributed by atoms with Gasteiger partial charge in [-0.25, -0.2) is 4.39 Å². The van der Waals surface area contributed by atoms with Gasteiger partial charge < -0.3 is 4.74 Å². The van der Waals surface area contributed by atoms with E-state index in [-0.39, 0.29) is 11.8 Å². The van der Waals surface area contributed by atoms with Gasteiger partial charge in [0.15, 0.2) is 0 Å². The van der Waals surface area contributed by atoms with Crippen molar-refractivity contribution in [2.45, 2.75) is 31.3 Å². The van der Waals surface area contributed by atoms with Crippen molar-refractivity contribution in [2.75, 3.05) is 14.2 Å². The molecular weight excluding hydrogens is 327 g/mol. The van der Waals surface area contributed by atoms with Crippen LogP contribution < -0.4 is 5.32 Å². The first-order chi connectivity index (χ1) is 11.9. The van der Waals surface area contributed by atoms with Crippen LogP contribution in [0.5, 0.6) is 0 Å². The normalized spacial score (nSPS) is 31.4.